The molecule has 4 aromatic carbocycles. The molecule has 42 heavy (non-hydrogen) atoms. The second-order valence-corrected chi connectivity index (χ2v) is 11.0. The van der Waals surface area contributed by atoms with E-state index in [4.69, 9.17) is 4.98 Å². The van der Waals surface area contributed by atoms with Gasteiger partial charge in [-0.2, -0.15) is 12.6 Å². The van der Waals surface area contributed by atoms with Gasteiger partial charge in [-0.1, -0.05) is 79.7 Å². The normalized spacial score (nSPS) is 11.9. The summed E-state index contributed by atoms with van der Waals surface area (Å²) in [6.07, 6.45) is 2.42. The summed E-state index contributed by atoms with van der Waals surface area (Å²) in [5.41, 5.74) is 7.67. The zero-order valence-corrected chi connectivity index (χ0v) is 24.8. The second kappa shape index (κ2) is 13.1. The Balaban J connectivity index is 1.43. The van der Waals surface area contributed by atoms with Gasteiger partial charge in [0.2, 0.25) is 5.91 Å². The van der Waals surface area contributed by atoms with Crippen molar-refractivity contribution < 1.29 is 14.7 Å². The van der Waals surface area contributed by atoms with E-state index < -0.39 is 5.97 Å². The summed E-state index contributed by atoms with van der Waals surface area (Å²) in [4.78, 5) is 30.0. The van der Waals surface area contributed by atoms with Gasteiger partial charge in [0, 0.05) is 24.4 Å². The maximum Gasteiger partial charge on any atom is 0.336 e. The number of nitrogens with zero attached hydrogens (tertiary/aromatic N) is 2. The van der Waals surface area contributed by atoms with Gasteiger partial charge in [-0.3, -0.25) is 4.79 Å². The van der Waals surface area contributed by atoms with Crippen LogP contribution < -0.4 is 5.32 Å². The minimum absolute atomic E-state index is 0.0512. The molecule has 6 nitrogen and oxygen atoms in total. The predicted molar refractivity (Wildman–Crippen MR) is 173 cm³/mol. The summed E-state index contributed by atoms with van der Waals surface area (Å²) in [5, 5.41) is 12.7. The van der Waals surface area contributed by atoms with Crippen LogP contribution in [0.15, 0.2) is 91.0 Å². The summed E-state index contributed by atoms with van der Waals surface area (Å²) in [7, 11) is 0. The number of hydrogen-bond acceptors (Lipinski definition) is 4. The van der Waals surface area contributed by atoms with Crippen LogP contribution in [-0.2, 0) is 24.2 Å². The number of carbonyl (C=O) groups excluding carboxylic acids is 1. The number of hydrogen-bond donors (Lipinski definition) is 3. The molecule has 5 rings (SSSR count). The predicted octanol–water partition coefficient (Wildman–Crippen LogP) is 7.44. The van der Waals surface area contributed by atoms with Crippen LogP contribution in [0, 0.1) is 12.8 Å². The number of benzene rings is 4. The van der Waals surface area contributed by atoms with Crippen molar-refractivity contribution >= 4 is 41.2 Å². The first-order valence-electron chi connectivity index (χ1n) is 14.2. The van der Waals surface area contributed by atoms with E-state index in [0.29, 0.717) is 24.3 Å². The summed E-state index contributed by atoms with van der Waals surface area (Å²) < 4.78 is 2.22. The van der Waals surface area contributed by atoms with Crippen LogP contribution in [0.1, 0.15) is 46.2 Å². The highest BCUT2D eigenvalue weighted by atomic mass is 32.1. The lowest BCUT2D eigenvalue weighted by molar-refractivity contribution is -0.119. The number of aromatic carboxylic acids is 1. The summed E-state index contributed by atoms with van der Waals surface area (Å²) in [6.45, 7) is 4.78. The molecule has 1 amide bonds. The number of carbonyl (C=O) groups is 2. The topological polar surface area (TPSA) is 84.2 Å². The first kappa shape index (κ1) is 29.1. The largest absolute Gasteiger partial charge is 0.478 e. The SMILES string of the molecule is CCCc1nc2c(C)cc(NC(=O)C(CS)Cc3ccccc3)cc2n1Cc1ccc(-c2ccccc2C(=O)O)cc1. The van der Waals surface area contributed by atoms with Gasteiger partial charge in [0.1, 0.15) is 5.82 Å². The average Bonchev–Trinajstić information content (AvgIpc) is 3.34. The molecule has 0 aliphatic carbocycles. The Morgan fingerprint density at radius 1 is 0.952 bits per heavy atom. The Hall–Kier alpha value is -4.36. The maximum atomic E-state index is 13.3. The highest BCUT2D eigenvalue weighted by Crippen LogP contribution is 2.28. The van der Waals surface area contributed by atoms with Gasteiger partial charge in [-0.15, -0.1) is 0 Å². The van der Waals surface area contributed by atoms with Crippen molar-refractivity contribution in [3.05, 3.63) is 119 Å². The van der Waals surface area contributed by atoms with Gasteiger partial charge in [0.15, 0.2) is 0 Å². The molecule has 0 bridgehead atoms. The zero-order valence-electron chi connectivity index (χ0n) is 23.9. The molecule has 0 radical (unpaired) electrons. The molecule has 0 aliphatic rings. The lowest BCUT2D eigenvalue weighted by atomic mass is 9.98. The lowest BCUT2D eigenvalue weighted by Crippen LogP contribution is -2.26. The van der Waals surface area contributed by atoms with Crippen LogP contribution in [0.5, 0.6) is 0 Å². The molecule has 1 heterocycles. The van der Waals surface area contributed by atoms with Crippen molar-refractivity contribution in [1.82, 2.24) is 9.55 Å². The lowest BCUT2D eigenvalue weighted by Gasteiger charge is -2.16. The van der Waals surface area contributed by atoms with Gasteiger partial charge >= 0.3 is 5.97 Å². The number of anilines is 1. The third-order valence-electron chi connectivity index (χ3n) is 7.54. The first-order valence-corrected chi connectivity index (χ1v) is 14.9. The molecule has 2 N–H and O–H groups in total. The van der Waals surface area contributed by atoms with Crippen LogP contribution >= 0.6 is 12.6 Å². The van der Waals surface area contributed by atoms with Gasteiger partial charge in [-0.05, 0) is 65.8 Å². The van der Waals surface area contributed by atoms with Crippen LogP contribution in [0.2, 0.25) is 0 Å². The Morgan fingerprint density at radius 2 is 1.67 bits per heavy atom. The van der Waals surface area contributed by atoms with Crippen molar-refractivity contribution in [3.8, 4) is 11.1 Å². The van der Waals surface area contributed by atoms with Crippen LogP contribution in [0.4, 0.5) is 5.69 Å². The Morgan fingerprint density at radius 3 is 2.36 bits per heavy atom. The van der Waals surface area contributed by atoms with E-state index in [1.165, 1.54) is 0 Å². The van der Waals surface area contributed by atoms with E-state index >= 15 is 0 Å². The van der Waals surface area contributed by atoms with Gasteiger partial charge < -0.3 is 15.0 Å². The zero-order chi connectivity index (χ0) is 29.6. The molecule has 0 saturated heterocycles. The van der Waals surface area contributed by atoms with Gasteiger partial charge in [0.25, 0.3) is 0 Å². The van der Waals surface area contributed by atoms with Crippen molar-refractivity contribution in [2.45, 2.75) is 39.7 Å². The van der Waals surface area contributed by atoms with Crippen LogP contribution in [0.3, 0.4) is 0 Å². The second-order valence-electron chi connectivity index (χ2n) is 10.6. The van der Waals surface area contributed by atoms with E-state index in [9.17, 15) is 14.7 Å². The number of aryl methyl sites for hydroxylation is 2. The number of imidazole rings is 1. The molecule has 214 valence electrons. The van der Waals surface area contributed by atoms with Crippen molar-refractivity contribution in [2.24, 2.45) is 5.92 Å². The molecule has 1 aromatic heterocycles. The molecular formula is C35H35N3O3S. The van der Waals surface area contributed by atoms with Crippen LogP contribution in [-0.4, -0.2) is 32.3 Å². The minimum Gasteiger partial charge on any atom is -0.478 e. The fourth-order valence-corrected chi connectivity index (χ4v) is 5.68. The van der Waals surface area contributed by atoms with Crippen molar-refractivity contribution in [3.63, 3.8) is 0 Å². The molecule has 0 fully saturated rings. The van der Waals surface area contributed by atoms with E-state index in [2.05, 4.69) is 29.4 Å². The number of thiol groups is 1. The first-order chi connectivity index (χ1) is 20.4. The molecular weight excluding hydrogens is 542 g/mol. The summed E-state index contributed by atoms with van der Waals surface area (Å²) >= 11 is 4.47. The number of aromatic nitrogens is 2. The number of carboxylic acid groups (broad SMARTS) is 1. The van der Waals surface area contributed by atoms with E-state index in [1.54, 1.807) is 12.1 Å². The molecule has 0 saturated carbocycles. The van der Waals surface area contributed by atoms with Crippen LogP contribution in [0.25, 0.3) is 22.2 Å². The molecule has 0 aliphatic heterocycles. The Kier molecular flexibility index (Phi) is 9.08. The van der Waals surface area contributed by atoms with Crippen molar-refractivity contribution in [1.29, 1.82) is 0 Å². The maximum absolute atomic E-state index is 13.3. The number of rotatable bonds is 11. The monoisotopic (exact) mass is 577 g/mol. The molecule has 1 atom stereocenters. The molecule has 5 aromatic rings. The van der Waals surface area contributed by atoms with E-state index in [-0.39, 0.29) is 17.4 Å². The number of fused-ring (bicyclic) bond motifs is 1. The molecule has 1 unspecified atom stereocenters. The summed E-state index contributed by atoms with van der Waals surface area (Å²) in [6, 6.07) is 29.1. The van der Waals surface area contributed by atoms with E-state index in [1.807, 2.05) is 85.8 Å². The quantitative estimate of drug-likeness (QED) is 0.143. The number of amides is 1. The minimum atomic E-state index is -0.942. The van der Waals surface area contributed by atoms with E-state index in [0.717, 1.165) is 57.6 Å². The standard InChI is InChI=1S/C35H35N3O3S/c1-3-9-32-37-33-23(2)18-28(36-34(39)27(22-42)19-24-10-5-4-6-11-24)20-31(33)38(32)21-25-14-16-26(17-15-25)29-12-7-8-13-30(29)35(40)41/h4-8,10-18,20,27,42H,3,9,19,21-22H2,1-2H3,(H,36,39)(H,40,41). The Labute approximate surface area is 251 Å². The highest BCUT2D eigenvalue weighted by Gasteiger charge is 2.20. The fraction of sp³-hybridized carbons (Fsp3) is 0.229. The fourth-order valence-electron chi connectivity index (χ4n) is 5.38. The summed E-state index contributed by atoms with van der Waals surface area (Å²) in [5.74, 6) is 0.203. The molecule has 0 spiro atoms. The van der Waals surface area contributed by atoms with Gasteiger partial charge in [0.05, 0.1) is 22.5 Å². The van der Waals surface area contributed by atoms with Gasteiger partial charge in [-0.25, -0.2) is 9.78 Å². The third-order valence-corrected chi connectivity index (χ3v) is 7.98. The van der Waals surface area contributed by atoms with Crippen molar-refractivity contribution in [2.75, 3.05) is 11.1 Å². The number of nitrogens with one attached hydrogen (secondary N) is 1. The number of carboxylic acids is 1. The average molecular weight is 578 g/mol. The third kappa shape index (κ3) is 6.42. The smallest absolute Gasteiger partial charge is 0.336 e. The highest BCUT2D eigenvalue weighted by molar-refractivity contribution is 7.80. The molecule has 7 heteroatoms. The Bertz CT molecular complexity index is 1710.